The first-order valence-corrected chi connectivity index (χ1v) is 9.77. The van der Waals surface area contributed by atoms with E-state index in [4.69, 9.17) is 19.6 Å². The number of aliphatic hydroxyl groups excluding tert-OH is 1. The van der Waals surface area contributed by atoms with Crippen LogP contribution in [0.1, 0.15) is 31.4 Å². The van der Waals surface area contributed by atoms with Gasteiger partial charge >= 0.3 is 0 Å². The lowest BCUT2D eigenvalue weighted by Crippen LogP contribution is -2.08. The van der Waals surface area contributed by atoms with Crippen LogP contribution in [-0.4, -0.2) is 35.4 Å². The highest BCUT2D eigenvalue weighted by Crippen LogP contribution is 2.32. The zero-order chi connectivity index (χ0) is 20.5. The Morgan fingerprint density at radius 2 is 1.86 bits per heavy atom. The van der Waals surface area contributed by atoms with Gasteiger partial charge in [-0.25, -0.2) is 4.98 Å². The number of rotatable bonds is 10. The summed E-state index contributed by atoms with van der Waals surface area (Å²) < 4.78 is 11.2. The van der Waals surface area contributed by atoms with Crippen molar-refractivity contribution in [3.8, 4) is 22.8 Å². The third-order valence-corrected chi connectivity index (χ3v) is 4.57. The highest BCUT2D eigenvalue weighted by molar-refractivity contribution is 5.64. The van der Waals surface area contributed by atoms with E-state index in [1.54, 1.807) is 19.5 Å². The first-order valence-electron chi connectivity index (χ1n) is 9.77. The number of hydrogen-bond donors (Lipinski definition) is 2. The summed E-state index contributed by atoms with van der Waals surface area (Å²) in [6, 6.07) is 16.0. The molecule has 29 heavy (non-hydrogen) atoms. The molecule has 2 aromatic carbocycles. The van der Waals surface area contributed by atoms with E-state index in [9.17, 15) is 0 Å². The monoisotopic (exact) mass is 393 g/mol. The van der Waals surface area contributed by atoms with Gasteiger partial charge < -0.3 is 19.9 Å². The van der Waals surface area contributed by atoms with Gasteiger partial charge in [0.05, 0.1) is 31.8 Å². The lowest BCUT2D eigenvalue weighted by molar-refractivity contribution is 0.247. The molecule has 1 heterocycles. The minimum Gasteiger partial charge on any atom is -0.493 e. The molecular formula is C23H27N3O3. The van der Waals surface area contributed by atoms with Crippen molar-refractivity contribution in [2.24, 2.45) is 0 Å². The van der Waals surface area contributed by atoms with Gasteiger partial charge in [0.25, 0.3) is 0 Å². The molecule has 0 aliphatic rings. The van der Waals surface area contributed by atoms with Crippen LogP contribution in [0.15, 0.2) is 60.9 Å². The average Bonchev–Trinajstić information content (AvgIpc) is 2.77. The maximum absolute atomic E-state index is 8.87. The molecule has 0 saturated heterocycles. The molecule has 0 amide bonds. The first kappa shape index (κ1) is 20.6. The predicted molar refractivity (Wildman–Crippen MR) is 114 cm³/mol. The average molecular weight is 393 g/mol. The van der Waals surface area contributed by atoms with E-state index in [0.29, 0.717) is 23.9 Å². The number of aromatic nitrogens is 2. The zero-order valence-corrected chi connectivity index (χ0v) is 16.8. The van der Waals surface area contributed by atoms with Crippen LogP contribution in [0.2, 0.25) is 0 Å². The van der Waals surface area contributed by atoms with Crippen molar-refractivity contribution < 1.29 is 14.6 Å². The molecule has 0 fully saturated rings. The van der Waals surface area contributed by atoms with Crippen LogP contribution in [0.4, 0.5) is 5.82 Å². The molecule has 3 rings (SSSR count). The second-order valence-electron chi connectivity index (χ2n) is 6.71. The van der Waals surface area contributed by atoms with Gasteiger partial charge in [0.2, 0.25) is 0 Å². The van der Waals surface area contributed by atoms with Gasteiger partial charge in [-0.05, 0) is 43.5 Å². The Bertz CT molecular complexity index is 903. The maximum Gasteiger partial charge on any atom is 0.161 e. The van der Waals surface area contributed by atoms with E-state index in [1.807, 2.05) is 36.4 Å². The van der Waals surface area contributed by atoms with Gasteiger partial charge in [-0.1, -0.05) is 30.3 Å². The molecule has 0 aliphatic carbocycles. The summed E-state index contributed by atoms with van der Waals surface area (Å²) in [4.78, 5) is 9.04. The highest BCUT2D eigenvalue weighted by atomic mass is 16.5. The maximum atomic E-state index is 8.87. The Labute approximate surface area is 171 Å². The smallest absolute Gasteiger partial charge is 0.161 e. The standard InChI is InChI=1S/C23H27N3O3/c1-17(18-8-4-3-5-9-18)25-23-16-24-15-20(26-23)19-10-11-21(22(14-19)28-2)29-13-7-6-12-27/h3-5,8-11,14-17,27H,6-7,12-13H2,1-2H3,(H,25,26). The molecule has 6 nitrogen and oxygen atoms in total. The van der Waals surface area contributed by atoms with E-state index >= 15 is 0 Å². The number of nitrogens with one attached hydrogen (secondary N) is 1. The number of aliphatic hydroxyl groups is 1. The van der Waals surface area contributed by atoms with Crippen molar-refractivity contribution in [2.45, 2.75) is 25.8 Å². The molecule has 0 saturated carbocycles. The zero-order valence-electron chi connectivity index (χ0n) is 16.8. The number of unbranched alkanes of at least 4 members (excludes halogenated alkanes) is 1. The molecule has 1 aromatic heterocycles. The van der Waals surface area contributed by atoms with Crippen molar-refractivity contribution >= 4 is 5.82 Å². The Kier molecular flexibility index (Phi) is 7.41. The van der Waals surface area contributed by atoms with E-state index in [-0.39, 0.29) is 12.6 Å². The molecule has 0 aliphatic heterocycles. The van der Waals surface area contributed by atoms with Crippen molar-refractivity contribution in [2.75, 3.05) is 25.6 Å². The highest BCUT2D eigenvalue weighted by Gasteiger charge is 2.11. The van der Waals surface area contributed by atoms with Crippen molar-refractivity contribution in [1.82, 2.24) is 9.97 Å². The molecule has 152 valence electrons. The van der Waals surface area contributed by atoms with E-state index in [0.717, 1.165) is 24.1 Å². The van der Waals surface area contributed by atoms with Crippen LogP contribution < -0.4 is 14.8 Å². The number of ether oxygens (including phenoxy) is 2. The van der Waals surface area contributed by atoms with Crippen molar-refractivity contribution in [3.63, 3.8) is 0 Å². The van der Waals surface area contributed by atoms with Gasteiger partial charge in [0.1, 0.15) is 5.82 Å². The number of methoxy groups -OCH3 is 1. The molecule has 6 heteroatoms. The third-order valence-electron chi connectivity index (χ3n) is 4.57. The lowest BCUT2D eigenvalue weighted by Gasteiger charge is -2.15. The summed E-state index contributed by atoms with van der Waals surface area (Å²) in [5.74, 6) is 2.03. The summed E-state index contributed by atoms with van der Waals surface area (Å²) in [6.45, 7) is 2.80. The number of hydrogen-bond acceptors (Lipinski definition) is 6. The van der Waals surface area contributed by atoms with E-state index in [2.05, 4.69) is 29.4 Å². The molecule has 1 unspecified atom stereocenters. The fraction of sp³-hybridized carbons (Fsp3) is 0.304. The Hall–Kier alpha value is -3.12. The second kappa shape index (κ2) is 10.4. The Morgan fingerprint density at radius 3 is 2.62 bits per heavy atom. The van der Waals surface area contributed by atoms with Gasteiger partial charge in [-0.2, -0.15) is 0 Å². The van der Waals surface area contributed by atoms with E-state index in [1.165, 1.54) is 5.56 Å². The Balaban J connectivity index is 1.74. The van der Waals surface area contributed by atoms with Crippen LogP contribution in [-0.2, 0) is 0 Å². The fourth-order valence-corrected chi connectivity index (χ4v) is 2.96. The number of nitrogens with zero attached hydrogens (tertiary/aromatic N) is 2. The Morgan fingerprint density at radius 1 is 1.03 bits per heavy atom. The number of anilines is 1. The molecule has 0 spiro atoms. The van der Waals surface area contributed by atoms with Gasteiger partial charge in [0.15, 0.2) is 11.5 Å². The van der Waals surface area contributed by atoms with Crippen LogP contribution in [0, 0.1) is 0 Å². The van der Waals surface area contributed by atoms with Crippen molar-refractivity contribution in [3.05, 3.63) is 66.5 Å². The van der Waals surface area contributed by atoms with Gasteiger partial charge in [-0.3, -0.25) is 4.98 Å². The minimum absolute atomic E-state index is 0.116. The summed E-state index contributed by atoms with van der Waals surface area (Å²) in [7, 11) is 1.62. The van der Waals surface area contributed by atoms with Crippen LogP contribution in [0.25, 0.3) is 11.3 Å². The lowest BCUT2D eigenvalue weighted by atomic mass is 10.1. The summed E-state index contributed by atoms with van der Waals surface area (Å²) in [5.41, 5.74) is 2.83. The second-order valence-corrected chi connectivity index (χ2v) is 6.71. The predicted octanol–water partition coefficient (Wildman–Crippen LogP) is 4.48. The minimum atomic E-state index is 0.116. The van der Waals surface area contributed by atoms with Crippen molar-refractivity contribution in [1.29, 1.82) is 0 Å². The van der Waals surface area contributed by atoms with Gasteiger partial charge in [0, 0.05) is 18.2 Å². The van der Waals surface area contributed by atoms with E-state index < -0.39 is 0 Å². The third kappa shape index (κ3) is 5.68. The molecule has 3 aromatic rings. The molecule has 1 atom stereocenters. The summed E-state index contributed by atoms with van der Waals surface area (Å²) in [5, 5.41) is 12.3. The molecule has 0 bridgehead atoms. The van der Waals surface area contributed by atoms with Crippen LogP contribution in [0.5, 0.6) is 11.5 Å². The van der Waals surface area contributed by atoms with Crippen LogP contribution in [0.3, 0.4) is 0 Å². The first-order chi connectivity index (χ1) is 14.2. The number of benzene rings is 2. The molecular weight excluding hydrogens is 366 g/mol. The molecule has 2 N–H and O–H groups in total. The largest absolute Gasteiger partial charge is 0.493 e. The summed E-state index contributed by atoms with van der Waals surface area (Å²) >= 11 is 0. The van der Waals surface area contributed by atoms with Crippen LogP contribution >= 0.6 is 0 Å². The molecule has 0 radical (unpaired) electrons. The topological polar surface area (TPSA) is 76.5 Å². The normalized spacial score (nSPS) is 11.7. The summed E-state index contributed by atoms with van der Waals surface area (Å²) in [6.07, 6.45) is 4.96. The van der Waals surface area contributed by atoms with Gasteiger partial charge in [-0.15, -0.1) is 0 Å². The SMILES string of the molecule is COc1cc(-c2cncc(NC(C)c3ccccc3)n2)ccc1OCCCCO. The quantitative estimate of drug-likeness (QED) is 0.495. The fourth-order valence-electron chi connectivity index (χ4n) is 2.96.